The first kappa shape index (κ1) is 19.7. The molecule has 1 N–H and O–H groups in total. The van der Waals surface area contributed by atoms with Gasteiger partial charge in [-0.25, -0.2) is 4.79 Å². The smallest absolute Gasteiger partial charge is 0.340 e. The van der Waals surface area contributed by atoms with E-state index in [-0.39, 0.29) is 12.0 Å². The molecule has 1 saturated heterocycles. The molecule has 1 spiro atoms. The highest BCUT2D eigenvalue weighted by Gasteiger charge is 2.40. The summed E-state index contributed by atoms with van der Waals surface area (Å²) in [5.41, 5.74) is 2.31. The lowest BCUT2D eigenvalue weighted by molar-refractivity contribution is -0.177. The second-order valence-corrected chi connectivity index (χ2v) is 7.50. The Morgan fingerprint density at radius 1 is 1.10 bits per heavy atom. The van der Waals surface area contributed by atoms with Crippen molar-refractivity contribution in [3.63, 3.8) is 0 Å². The molecule has 0 unspecified atom stereocenters. The van der Waals surface area contributed by atoms with E-state index in [2.05, 4.69) is 5.32 Å². The molecule has 2 aromatic rings. The monoisotopic (exact) mass is 397 g/mol. The van der Waals surface area contributed by atoms with Gasteiger partial charge in [-0.2, -0.15) is 0 Å². The topological polar surface area (TPSA) is 66.0 Å². The van der Waals surface area contributed by atoms with Gasteiger partial charge in [0.1, 0.15) is 12.4 Å². The van der Waals surface area contributed by atoms with Crippen molar-refractivity contribution in [1.82, 2.24) is 0 Å². The summed E-state index contributed by atoms with van der Waals surface area (Å²) in [6.45, 7) is 1.79. The van der Waals surface area contributed by atoms with E-state index in [1.54, 1.807) is 6.07 Å². The number of methoxy groups -OCH3 is 1. The highest BCUT2D eigenvalue weighted by molar-refractivity contribution is 5.96. The Kier molecular flexibility index (Phi) is 6.02. The molecule has 0 bridgehead atoms. The van der Waals surface area contributed by atoms with Crippen LogP contribution in [0.25, 0.3) is 0 Å². The van der Waals surface area contributed by atoms with E-state index >= 15 is 0 Å². The van der Waals surface area contributed by atoms with Crippen molar-refractivity contribution in [3.05, 3.63) is 59.7 Å². The van der Waals surface area contributed by atoms with Crippen LogP contribution in [0.1, 0.15) is 41.6 Å². The van der Waals surface area contributed by atoms with Gasteiger partial charge in [0, 0.05) is 24.6 Å². The maximum Gasteiger partial charge on any atom is 0.340 e. The highest BCUT2D eigenvalue weighted by Crippen LogP contribution is 2.37. The molecule has 1 saturated carbocycles. The summed E-state index contributed by atoms with van der Waals surface area (Å²) in [6.07, 6.45) is 3.56. The summed E-state index contributed by atoms with van der Waals surface area (Å²) in [5, 5.41) is 3.50. The predicted molar refractivity (Wildman–Crippen MR) is 109 cm³/mol. The van der Waals surface area contributed by atoms with Gasteiger partial charge in [-0.15, -0.1) is 0 Å². The fourth-order valence-electron chi connectivity index (χ4n) is 3.97. The second kappa shape index (κ2) is 8.84. The number of anilines is 1. The molecule has 0 radical (unpaired) electrons. The molecule has 0 amide bonds. The molecule has 0 atom stereocenters. The van der Waals surface area contributed by atoms with Crippen molar-refractivity contribution in [2.75, 3.05) is 25.6 Å². The first-order valence-electron chi connectivity index (χ1n) is 10.1. The SMILES string of the molecule is COC(=O)c1cc(OCc2ccccc2)ccc1NC1CCC2(CC1)OCCO2. The Labute approximate surface area is 171 Å². The zero-order valence-corrected chi connectivity index (χ0v) is 16.7. The molecule has 1 aliphatic heterocycles. The Bertz CT molecular complexity index is 822. The summed E-state index contributed by atoms with van der Waals surface area (Å²) in [6, 6.07) is 15.7. The third kappa shape index (κ3) is 4.71. The maximum absolute atomic E-state index is 12.3. The average Bonchev–Trinajstić information content (AvgIpc) is 3.23. The van der Waals surface area contributed by atoms with Crippen molar-refractivity contribution < 1.29 is 23.7 Å². The molecule has 2 fully saturated rings. The van der Waals surface area contributed by atoms with Crippen molar-refractivity contribution in [1.29, 1.82) is 0 Å². The molecule has 4 rings (SSSR count). The average molecular weight is 397 g/mol. The van der Waals surface area contributed by atoms with Gasteiger partial charge in [0.15, 0.2) is 5.79 Å². The first-order valence-corrected chi connectivity index (χ1v) is 10.1. The van der Waals surface area contributed by atoms with Crippen LogP contribution < -0.4 is 10.1 Å². The van der Waals surface area contributed by atoms with E-state index in [1.165, 1.54) is 7.11 Å². The molecule has 2 aromatic carbocycles. The summed E-state index contributed by atoms with van der Waals surface area (Å²) in [5.74, 6) is -0.138. The molecule has 0 aromatic heterocycles. The van der Waals surface area contributed by atoms with Gasteiger partial charge >= 0.3 is 5.97 Å². The number of ether oxygens (including phenoxy) is 4. The molecule has 1 heterocycles. The second-order valence-electron chi connectivity index (χ2n) is 7.50. The summed E-state index contributed by atoms with van der Waals surface area (Å²) in [4.78, 5) is 12.3. The van der Waals surface area contributed by atoms with E-state index in [4.69, 9.17) is 18.9 Å². The largest absolute Gasteiger partial charge is 0.489 e. The van der Waals surface area contributed by atoms with E-state index in [0.29, 0.717) is 31.1 Å². The third-order valence-corrected chi connectivity index (χ3v) is 5.57. The van der Waals surface area contributed by atoms with Crippen LogP contribution in [0.4, 0.5) is 5.69 Å². The first-order chi connectivity index (χ1) is 14.2. The number of carbonyl (C=O) groups is 1. The Hall–Kier alpha value is -2.57. The molecular weight excluding hydrogens is 370 g/mol. The summed E-state index contributed by atoms with van der Waals surface area (Å²) < 4.78 is 22.4. The molecule has 2 aliphatic rings. The molecule has 1 aliphatic carbocycles. The molecule has 6 nitrogen and oxygen atoms in total. The van der Waals surface area contributed by atoms with Crippen molar-refractivity contribution in [2.45, 2.75) is 44.1 Å². The zero-order valence-electron chi connectivity index (χ0n) is 16.7. The van der Waals surface area contributed by atoms with Crippen LogP contribution >= 0.6 is 0 Å². The van der Waals surface area contributed by atoms with E-state index in [0.717, 1.165) is 36.9 Å². The van der Waals surface area contributed by atoms with Crippen LogP contribution in [0, 0.1) is 0 Å². The van der Waals surface area contributed by atoms with Crippen LogP contribution in [0.3, 0.4) is 0 Å². The number of rotatable bonds is 6. The lowest BCUT2D eigenvalue weighted by Crippen LogP contribution is -2.39. The zero-order chi connectivity index (χ0) is 20.1. The third-order valence-electron chi connectivity index (χ3n) is 5.57. The Morgan fingerprint density at radius 3 is 2.52 bits per heavy atom. The lowest BCUT2D eigenvalue weighted by atomic mass is 9.89. The van der Waals surface area contributed by atoms with Crippen LogP contribution in [0.15, 0.2) is 48.5 Å². The van der Waals surface area contributed by atoms with Gasteiger partial charge in [-0.05, 0) is 36.6 Å². The van der Waals surface area contributed by atoms with Crippen LogP contribution in [-0.4, -0.2) is 38.1 Å². The van der Waals surface area contributed by atoms with Gasteiger partial charge in [0.05, 0.1) is 25.9 Å². The normalized spacial score (nSPS) is 18.5. The van der Waals surface area contributed by atoms with Crippen LogP contribution in [0.5, 0.6) is 5.75 Å². The number of carbonyl (C=O) groups excluding carboxylic acids is 1. The van der Waals surface area contributed by atoms with Gasteiger partial charge < -0.3 is 24.3 Å². The summed E-state index contributed by atoms with van der Waals surface area (Å²) in [7, 11) is 1.39. The number of hydrogen-bond donors (Lipinski definition) is 1. The van der Waals surface area contributed by atoms with Gasteiger partial charge in [-0.3, -0.25) is 0 Å². The Morgan fingerprint density at radius 2 is 1.83 bits per heavy atom. The Balaban J connectivity index is 1.42. The maximum atomic E-state index is 12.3. The quantitative estimate of drug-likeness (QED) is 0.739. The van der Waals surface area contributed by atoms with Crippen molar-refractivity contribution in [3.8, 4) is 5.75 Å². The molecule has 154 valence electrons. The fourth-order valence-corrected chi connectivity index (χ4v) is 3.97. The predicted octanol–water partition coefficient (Wildman–Crippen LogP) is 4.15. The minimum absolute atomic E-state index is 0.257. The summed E-state index contributed by atoms with van der Waals surface area (Å²) >= 11 is 0. The van der Waals surface area contributed by atoms with E-state index in [1.807, 2.05) is 42.5 Å². The van der Waals surface area contributed by atoms with Crippen LogP contribution in [0.2, 0.25) is 0 Å². The number of esters is 1. The van der Waals surface area contributed by atoms with Crippen molar-refractivity contribution in [2.24, 2.45) is 0 Å². The fraction of sp³-hybridized carbons (Fsp3) is 0.435. The van der Waals surface area contributed by atoms with Gasteiger partial charge in [0.25, 0.3) is 0 Å². The standard InChI is InChI=1S/C23H27NO5/c1-26-22(25)20-15-19(27-16-17-5-3-2-4-6-17)7-8-21(20)24-18-9-11-23(12-10-18)28-13-14-29-23/h2-8,15,18,24H,9-14,16H2,1H3. The molecule has 29 heavy (non-hydrogen) atoms. The van der Waals surface area contributed by atoms with Crippen LogP contribution in [-0.2, 0) is 20.8 Å². The van der Waals surface area contributed by atoms with Gasteiger partial charge in [0.2, 0.25) is 0 Å². The number of nitrogens with one attached hydrogen (secondary N) is 1. The van der Waals surface area contributed by atoms with E-state index in [9.17, 15) is 4.79 Å². The molecule has 6 heteroatoms. The number of benzene rings is 2. The van der Waals surface area contributed by atoms with Gasteiger partial charge in [-0.1, -0.05) is 30.3 Å². The highest BCUT2D eigenvalue weighted by atomic mass is 16.7. The minimum Gasteiger partial charge on any atom is -0.489 e. The van der Waals surface area contributed by atoms with E-state index < -0.39 is 5.79 Å². The lowest BCUT2D eigenvalue weighted by Gasteiger charge is -2.36. The number of hydrogen-bond acceptors (Lipinski definition) is 6. The van der Waals surface area contributed by atoms with Crippen molar-refractivity contribution >= 4 is 11.7 Å². The minimum atomic E-state index is -0.390. The molecular formula is C23H27NO5.